The zero-order valence-electron chi connectivity index (χ0n) is 8.82. The van der Waals surface area contributed by atoms with E-state index in [0.717, 1.165) is 5.57 Å². The van der Waals surface area contributed by atoms with Gasteiger partial charge < -0.3 is 0 Å². The molecule has 0 saturated carbocycles. The summed E-state index contributed by atoms with van der Waals surface area (Å²) in [5, 5.41) is 2.34. The van der Waals surface area contributed by atoms with Crippen molar-refractivity contribution in [2.75, 3.05) is 0 Å². The van der Waals surface area contributed by atoms with Crippen molar-refractivity contribution < 1.29 is 9.59 Å². The number of allylic oxidation sites excluding steroid dienone is 4. The van der Waals surface area contributed by atoms with Gasteiger partial charge >= 0.3 is 0 Å². The van der Waals surface area contributed by atoms with Gasteiger partial charge in [0.2, 0.25) is 11.8 Å². The minimum atomic E-state index is -0.225. The van der Waals surface area contributed by atoms with Crippen LogP contribution in [-0.2, 0) is 9.59 Å². The molecule has 0 aromatic rings. The van der Waals surface area contributed by atoms with Gasteiger partial charge in [0.15, 0.2) is 0 Å². The number of carbonyl (C=O) groups is 2. The first-order chi connectivity index (χ1) is 7.19. The van der Waals surface area contributed by atoms with Crippen LogP contribution in [0.25, 0.3) is 0 Å². The fraction of sp³-hybridized carbons (Fsp3) is 0.333. The van der Waals surface area contributed by atoms with Crippen LogP contribution in [0.5, 0.6) is 0 Å². The van der Waals surface area contributed by atoms with E-state index in [1.54, 1.807) is 12.2 Å². The van der Waals surface area contributed by atoms with E-state index < -0.39 is 0 Å². The lowest BCUT2D eigenvalue weighted by atomic mass is 9.89. The summed E-state index contributed by atoms with van der Waals surface area (Å²) in [5.41, 5.74) is 0.900. The molecule has 15 heavy (non-hydrogen) atoms. The molecule has 1 aliphatic rings. The molecular weight excluding hydrogens is 190 g/mol. The second-order valence-electron chi connectivity index (χ2n) is 3.41. The lowest BCUT2D eigenvalue weighted by molar-refractivity contribution is -0.135. The number of nitrogens with one attached hydrogen (secondary N) is 1. The maximum Gasteiger partial charge on any atom is 0.234 e. The number of hydrogen-bond donors (Lipinski definition) is 1. The number of piperidine rings is 1. The average Bonchev–Trinajstić information content (AvgIpc) is 2.17. The van der Waals surface area contributed by atoms with E-state index in [1.165, 1.54) is 0 Å². The van der Waals surface area contributed by atoms with Gasteiger partial charge in [0.05, 0.1) is 5.92 Å². The Bertz CT molecular complexity index is 340. The number of hydrogen-bond acceptors (Lipinski definition) is 2. The molecule has 1 atom stereocenters. The molecule has 80 valence electrons. The van der Waals surface area contributed by atoms with E-state index in [9.17, 15) is 9.59 Å². The lowest BCUT2D eigenvalue weighted by Crippen LogP contribution is -2.41. The second-order valence-corrected chi connectivity index (χ2v) is 3.41. The predicted octanol–water partition coefficient (Wildman–Crippen LogP) is 1.73. The molecule has 1 heterocycles. The Balaban J connectivity index is 2.85. The molecule has 0 aromatic carbocycles. The number of carbonyl (C=O) groups excluding carboxylic acids is 2. The summed E-state index contributed by atoms with van der Waals surface area (Å²) in [6, 6.07) is 0. The van der Waals surface area contributed by atoms with E-state index in [1.807, 2.05) is 19.1 Å². The molecule has 1 N–H and O–H groups in total. The predicted molar refractivity (Wildman–Crippen MR) is 59.0 cm³/mol. The van der Waals surface area contributed by atoms with E-state index in [4.69, 9.17) is 0 Å². The number of amides is 2. The maximum absolute atomic E-state index is 11.6. The van der Waals surface area contributed by atoms with Crippen molar-refractivity contribution in [2.24, 2.45) is 5.92 Å². The van der Waals surface area contributed by atoms with Gasteiger partial charge in [-0.25, -0.2) is 0 Å². The summed E-state index contributed by atoms with van der Waals surface area (Å²) in [6.45, 7) is 5.50. The molecule has 0 radical (unpaired) electrons. The standard InChI is InChI=1S/C12H15NO2/c1-3-5-9(6-4-2)10-7-8-11(14)13-12(10)15/h3-6,10H,1,7-8H2,2H3,(H,13,14,15)/b6-4-,9-5+/t10-/m1/s1. The summed E-state index contributed by atoms with van der Waals surface area (Å²) >= 11 is 0. The molecular formula is C12H15NO2. The molecule has 1 saturated heterocycles. The zero-order valence-corrected chi connectivity index (χ0v) is 8.82. The lowest BCUT2D eigenvalue weighted by Gasteiger charge is -2.21. The van der Waals surface area contributed by atoms with Crippen LogP contribution in [0.3, 0.4) is 0 Å². The van der Waals surface area contributed by atoms with Gasteiger partial charge in [-0.3, -0.25) is 14.9 Å². The van der Waals surface area contributed by atoms with Crippen molar-refractivity contribution in [1.29, 1.82) is 0 Å². The van der Waals surface area contributed by atoms with Crippen molar-refractivity contribution in [3.8, 4) is 0 Å². The van der Waals surface area contributed by atoms with Crippen molar-refractivity contribution >= 4 is 11.8 Å². The maximum atomic E-state index is 11.6. The first-order valence-electron chi connectivity index (χ1n) is 4.98. The minimum Gasteiger partial charge on any atom is -0.296 e. The van der Waals surface area contributed by atoms with Gasteiger partial charge in [0, 0.05) is 6.42 Å². The SMILES string of the molecule is C=C/C=C(\C=C/C)[C@H]1CCC(=O)NC1=O. The van der Waals surface area contributed by atoms with Gasteiger partial charge in [0.25, 0.3) is 0 Å². The highest BCUT2D eigenvalue weighted by Gasteiger charge is 2.27. The van der Waals surface area contributed by atoms with Crippen LogP contribution in [-0.4, -0.2) is 11.8 Å². The van der Waals surface area contributed by atoms with Crippen LogP contribution in [0.4, 0.5) is 0 Å². The summed E-state index contributed by atoms with van der Waals surface area (Å²) in [6.07, 6.45) is 8.19. The monoisotopic (exact) mass is 205 g/mol. The van der Waals surface area contributed by atoms with Crippen LogP contribution in [0.15, 0.2) is 36.5 Å². The largest absolute Gasteiger partial charge is 0.296 e. The van der Waals surface area contributed by atoms with E-state index >= 15 is 0 Å². The summed E-state index contributed by atoms with van der Waals surface area (Å²) < 4.78 is 0. The van der Waals surface area contributed by atoms with Crippen LogP contribution in [0.1, 0.15) is 19.8 Å². The normalized spacial score (nSPS) is 23.0. The van der Waals surface area contributed by atoms with Gasteiger partial charge in [-0.05, 0) is 18.9 Å². The topological polar surface area (TPSA) is 46.2 Å². The van der Waals surface area contributed by atoms with Crippen LogP contribution >= 0.6 is 0 Å². The molecule has 3 heteroatoms. The summed E-state index contributed by atoms with van der Waals surface area (Å²) in [5.74, 6) is -0.621. The zero-order chi connectivity index (χ0) is 11.3. The Morgan fingerprint density at radius 1 is 1.53 bits per heavy atom. The third-order valence-electron chi connectivity index (χ3n) is 2.31. The smallest absolute Gasteiger partial charge is 0.234 e. The molecule has 1 aliphatic heterocycles. The van der Waals surface area contributed by atoms with Crippen LogP contribution in [0.2, 0.25) is 0 Å². The second kappa shape index (κ2) is 5.29. The number of imide groups is 1. The van der Waals surface area contributed by atoms with Gasteiger partial charge in [-0.1, -0.05) is 30.9 Å². The molecule has 0 aliphatic carbocycles. The summed E-state index contributed by atoms with van der Waals surface area (Å²) in [4.78, 5) is 22.5. The van der Waals surface area contributed by atoms with Gasteiger partial charge in [-0.2, -0.15) is 0 Å². The molecule has 0 aromatic heterocycles. The first-order valence-corrected chi connectivity index (χ1v) is 4.98. The van der Waals surface area contributed by atoms with Gasteiger partial charge in [-0.15, -0.1) is 0 Å². The number of rotatable bonds is 3. The van der Waals surface area contributed by atoms with Crippen LogP contribution < -0.4 is 5.32 Å². The highest BCUT2D eigenvalue weighted by molar-refractivity contribution is 6.00. The van der Waals surface area contributed by atoms with E-state index in [0.29, 0.717) is 12.8 Å². The Kier molecular flexibility index (Phi) is 4.03. The van der Waals surface area contributed by atoms with Crippen molar-refractivity contribution in [2.45, 2.75) is 19.8 Å². The minimum absolute atomic E-state index is 0.185. The molecule has 0 bridgehead atoms. The van der Waals surface area contributed by atoms with E-state index in [2.05, 4.69) is 11.9 Å². The molecule has 1 fully saturated rings. The van der Waals surface area contributed by atoms with Gasteiger partial charge in [0.1, 0.15) is 0 Å². The summed E-state index contributed by atoms with van der Waals surface area (Å²) in [7, 11) is 0. The van der Waals surface area contributed by atoms with Crippen molar-refractivity contribution in [3.63, 3.8) is 0 Å². The highest BCUT2D eigenvalue weighted by atomic mass is 16.2. The van der Waals surface area contributed by atoms with E-state index in [-0.39, 0.29) is 17.7 Å². The molecule has 3 nitrogen and oxygen atoms in total. The third-order valence-corrected chi connectivity index (χ3v) is 2.31. The Hall–Kier alpha value is -1.64. The van der Waals surface area contributed by atoms with Crippen molar-refractivity contribution in [3.05, 3.63) is 36.5 Å². The molecule has 1 rings (SSSR count). The first kappa shape index (κ1) is 11.4. The average molecular weight is 205 g/mol. The Labute approximate surface area is 89.6 Å². The third kappa shape index (κ3) is 2.91. The van der Waals surface area contributed by atoms with Crippen LogP contribution in [0, 0.1) is 5.92 Å². The molecule has 0 unspecified atom stereocenters. The molecule has 2 amide bonds. The fourth-order valence-corrected chi connectivity index (χ4v) is 1.63. The Morgan fingerprint density at radius 2 is 2.27 bits per heavy atom. The fourth-order valence-electron chi connectivity index (χ4n) is 1.63. The quantitative estimate of drug-likeness (QED) is 0.563. The molecule has 0 spiro atoms. The Morgan fingerprint density at radius 3 is 2.80 bits per heavy atom. The van der Waals surface area contributed by atoms with Crippen molar-refractivity contribution in [1.82, 2.24) is 5.32 Å². The highest BCUT2D eigenvalue weighted by Crippen LogP contribution is 2.22.